The minimum Gasteiger partial charge on any atom is -0.344 e. The molecule has 2 N–H and O–H groups in total. The van der Waals surface area contributed by atoms with Crippen LogP contribution in [0.1, 0.15) is 48.3 Å². The Labute approximate surface area is 180 Å². The maximum Gasteiger partial charge on any atom is 0.275 e. The number of nitrogens with zero attached hydrogens (tertiary/aromatic N) is 1. The van der Waals surface area contributed by atoms with Gasteiger partial charge in [0.05, 0.1) is 32.2 Å². The lowest BCUT2D eigenvalue weighted by molar-refractivity contribution is -0.896. The monoisotopic (exact) mass is 408 g/mol. The van der Waals surface area contributed by atoms with Crippen molar-refractivity contribution in [2.24, 2.45) is 5.92 Å². The maximum atomic E-state index is 12.7. The molecule has 160 valence electrons. The van der Waals surface area contributed by atoms with E-state index in [9.17, 15) is 9.59 Å². The number of nitrogens with one attached hydrogen (secondary N) is 2. The number of aryl methyl sites for hydroxylation is 1. The summed E-state index contributed by atoms with van der Waals surface area (Å²) in [4.78, 5) is 28.5. The molecule has 5 heteroatoms. The normalized spacial score (nSPS) is 15.8. The number of rotatable bonds is 7. The van der Waals surface area contributed by atoms with Crippen molar-refractivity contribution in [2.45, 2.75) is 33.2 Å². The second-order valence-electron chi connectivity index (χ2n) is 8.47. The van der Waals surface area contributed by atoms with Crippen molar-refractivity contribution in [2.75, 3.05) is 32.7 Å². The lowest BCUT2D eigenvalue weighted by Gasteiger charge is -2.32. The lowest BCUT2D eigenvalue weighted by atomic mass is 9.95. The third kappa shape index (κ3) is 5.70. The highest BCUT2D eigenvalue weighted by Crippen LogP contribution is 2.22. The minimum atomic E-state index is 0.0174. The second kappa shape index (κ2) is 10.4. The van der Waals surface area contributed by atoms with Gasteiger partial charge in [0.1, 0.15) is 0 Å². The quantitative estimate of drug-likeness (QED) is 0.737. The predicted molar refractivity (Wildman–Crippen MR) is 119 cm³/mol. The van der Waals surface area contributed by atoms with Crippen molar-refractivity contribution in [3.05, 3.63) is 71.3 Å². The molecule has 30 heavy (non-hydrogen) atoms. The summed E-state index contributed by atoms with van der Waals surface area (Å²) in [5, 5.41) is 3.24. The molecule has 0 bridgehead atoms. The first kappa shape index (κ1) is 22.0. The van der Waals surface area contributed by atoms with E-state index in [1.54, 1.807) is 0 Å². The predicted octanol–water partition coefficient (Wildman–Crippen LogP) is 2.10. The summed E-state index contributed by atoms with van der Waals surface area (Å²) in [5.41, 5.74) is 3.19. The Hall–Kier alpha value is -2.66. The third-order valence-electron chi connectivity index (χ3n) is 5.92. The number of hydrogen-bond acceptors (Lipinski definition) is 2. The average molecular weight is 409 g/mol. The standard InChI is InChI=1S/C25H33N3O2/c1-4-20-10-12-21(13-11-20)24(19(2)3)26-23(29)18-27-14-16-28(17-15-27)25(30)22-8-6-5-7-9-22/h5-13,19,24H,4,14-18H2,1-3H3,(H,26,29)/p+1/t24-/m0/s1. The molecule has 0 unspecified atom stereocenters. The fourth-order valence-electron chi connectivity index (χ4n) is 4.01. The van der Waals surface area contributed by atoms with Gasteiger partial charge >= 0.3 is 0 Å². The highest BCUT2D eigenvalue weighted by atomic mass is 16.2. The Morgan fingerprint density at radius 1 is 1.00 bits per heavy atom. The van der Waals surface area contributed by atoms with E-state index in [2.05, 4.69) is 50.4 Å². The molecule has 1 saturated heterocycles. The topological polar surface area (TPSA) is 53.9 Å². The molecule has 1 atom stereocenters. The molecular weight excluding hydrogens is 374 g/mol. The molecule has 2 aromatic carbocycles. The van der Waals surface area contributed by atoms with E-state index < -0.39 is 0 Å². The van der Waals surface area contributed by atoms with Crippen molar-refractivity contribution in [1.82, 2.24) is 10.2 Å². The summed E-state index contributed by atoms with van der Waals surface area (Å²) in [6, 6.07) is 18.0. The van der Waals surface area contributed by atoms with Crippen LogP contribution in [-0.4, -0.2) is 49.4 Å². The molecule has 2 amide bonds. The third-order valence-corrected chi connectivity index (χ3v) is 5.92. The summed E-state index contributed by atoms with van der Waals surface area (Å²) in [6.45, 7) is 9.83. The summed E-state index contributed by atoms with van der Waals surface area (Å²) >= 11 is 0. The lowest BCUT2D eigenvalue weighted by Crippen LogP contribution is -3.15. The molecule has 1 aliphatic rings. The zero-order valence-corrected chi connectivity index (χ0v) is 18.4. The van der Waals surface area contributed by atoms with Crippen LogP contribution in [0.3, 0.4) is 0 Å². The first-order valence-corrected chi connectivity index (χ1v) is 11.0. The highest BCUT2D eigenvalue weighted by molar-refractivity contribution is 5.94. The van der Waals surface area contributed by atoms with Crippen molar-refractivity contribution in [3.63, 3.8) is 0 Å². The SMILES string of the molecule is CCc1ccc([C@@H](NC(=O)C[NH+]2CCN(C(=O)c3ccccc3)CC2)C(C)C)cc1. The molecule has 3 rings (SSSR count). The molecule has 0 aliphatic carbocycles. The van der Waals surface area contributed by atoms with Crippen LogP contribution >= 0.6 is 0 Å². The van der Waals surface area contributed by atoms with E-state index in [0.717, 1.165) is 30.6 Å². The van der Waals surface area contributed by atoms with Crippen LogP contribution in [0.15, 0.2) is 54.6 Å². The van der Waals surface area contributed by atoms with Gasteiger partial charge in [-0.15, -0.1) is 0 Å². The number of carbonyl (C=O) groups is 2. The number of piperazine rings is 1. The van der Waals surface area contributed by atoms with Gasteiger partial charge in [-0.05, 0) is 35.6 Å². The van der Waals surface area contributed by atoms with Crippen LogP contribution in [0.25, 0.3) is 0 Å². The van der Waals surface area contributed by atoms with Crippen molar-refractivity contribution >= 4 is 11.8 Å². The number of quaternary nitrogens is 1. The van der Waals surface area contributed by atoms with E-state index in [0.29, 0.717) is 25.6 Å². The maximum absolute atomic E-state index is 12.7. The Kier molecular flexibility index (Phi) is 7.63. The van der Waals surface area contributed by atoms with E-state index in [1.807, 2.05) is 35.2 Å². The van der Waals surface area contributed by atoms with Crippen LogP contribution in [0.4, 0.5) is 0 Å². The van der Waals surface area contributed by atoms with Crippen molar-refractivity contribution in [3.8, 4) is 0 Å². The van der Waals surface area contributed by atoms with Gasteiger partial charge in [-0.3, -0.25) is 9.59 Å². The Balaban J connectivity index is 1.51. The first-order chi connectivity index (χ1) is 14.5. The van der Waals surface area contributed by atoms with E-state index >= 15 is 0 Å². The van der Waals surface area contributed by atoms with Gasteiger partial charge in [0, 0.05) is 5.56 Å². The molecule has 2 aromatic rings. The molecule has 5 nitrogen and oxygen atoms in total. The molecule has 0 radical (unpaired) electrons. The summed E-state index contributed by atoms with van der Waals surface area (Å²) in [5.74, 6) is 0.470. The minimum absolute atomic E-state index is 0.0174. The molecule has 1 heterocycles. The van der Waals surface area contributed by atoms with Gasteiger partial charge in [-0.2, -0.15) is 0 Å². The van der Waals surface area contributed by atoms with Gasteiger partial charge in [-0.1, -0.05) is 63.2 Å². The first-order valence-electron chi connectivity index (χ1n) is 11.0. The van der Waals surface area contributed by atoms with Gasteiger partial charge in [0.25, 0.3) is 11.8 Å². The zero-order valence-electron chi connectivity index (χ0n) is 18.4. The van der Waals surface area contributed by atoms with Crippen LogP contribution in [0.5, 0.6) is 0 Å². The molecular formula is C25H34N3O2+. The highest BCUT2D eigenvalue weighted by Gasteiger charge is 2.27. The summed E-state index contributed by atoms with van der Waals surface area (Å²) in [6.07, 6.45) is 1.01. The van der Waals surface area contributed by atoms with Crippen LogP contribution < -0.4 is 10.2 Å². The smallest absolute Gasteiger partial charge is 0.275 e. The van der Waals surface area contributed by atoms with Crippen LogP contribution in [0, 0.1) is 5.92 Å². The van der Waals surface area contributed by atoms with Crippen LogP contribution in [0.2, 0.25) is 0 Å². The number of benzene rings is 2. The van der Waals surface area contributed by atoms with Crippen LogP contribution in [-0.2, 0) is 11.2 Å². The molecule has 0 aromatic heterocycles. The largest absolute Gasteiger partial charge is 0.344 e. The van der Waals surface area contributed by atoms with Crippen molar-refractivity contribution < 1.29 is 14.5 Å². The van der Waals surface area contributed by atoms with E-state index in [4.69, 9.17) is 0 Å². The zero-order chi connectivity index (χ0) is 21.5. The summed E-state index contributed by atoms with van der Waals surface area (Å²) in [7, 11) is 0. The fraction of sp³-hybridized carbons (Fsp3) is 0.440. The summed E-state index contributed by atoms with van der Waals surface area (Å²) < 4.78 is 0. The van der Waals surface area contributed by atoms with Gasteiger partial charge in [-0.25, -0.2) is 0 Å². The van der Waals surface area contributed by atoms with E-state index in [-0.39, 0.29) is 17.9 Å². The Bertz CT molecular complexity index is 825. The fourth-order valence-corrected chi connectivity index (χ4v) is 4.01. The van der Waals surface area contributed by atoms with E-state index in [1.165, 1.54) is 10.5 Å². The average Bonchev–Trinajstić information content (AvgIpc) is 2.78. The van der Waals surface area contributed by atoms with Gasteiger partial charge in [0.2, 0.25) is 0 Å². The number of amides is 2. The molecule has 0 saturated carbocycles. The molecule has 1 fully saturated rings. The Morgan fingerprint density at radius 2 is 1.63 bits per heavy atom. The Morgan fingerprint density at radius 3 is 2.20 bits per heavy atom. The number of hydrogen-bond donors (Lipinski definition) is 2. The van der Waals surface area contributed by atoms with Crippen molar-refractivity contribution in [1.29, 1.82) is 0 Å². The van der Waals surface area contributed by atoms with Gasteiger partial charge in [0.15, 0.2) is 6.54 Å². The molecule has 0 spiro atoms. The number of carbonyl (C=O) groups excluding carboxylic acids is 2. The molecule has 1 aliphatic heterocycles. The van der Waals surface area contributed by atoms with Gasteiger partial charge < -0.3 is 15.1 Å². The second-order valence-corrected chi connectivity index (χ2v) is 8.47.